The molecular weight excluding hydrogens is 310 g/mol. The zero-order valence-corrected chi connectivity index (χ0v) is 15.1. The second-order valence-corrected chi connectivity index (χ2v) is 6.89. The van der Waals surface area contributed by atoms with Crippen LogP contribution >= 0.6 is 0 Å². The molecule has 2 aromatic carbocycles. The molecule has 1 heterocycles. The van der Waals surface area contributed by atoms with Crippen molar-refractivity contribution in [2.45, 2.75) is 39.2 Å². The van der Waals surface area contributed by atoms with Crippen molar-refractivity contribution < 1.29 is 9.53 Å². The summed E-state index contributed by atoms with van der Waals surface area (Å²) < 4.78 is 5.68. The highest BCUT2D eigenvalue weighted by Crippen LogP contribution is 2.32. The monoisotopic (exact) mass is 335 g/mol. The highest BCUT2D eigenvalue weighted by Gasteiger charge is 2.22. The van der Waals surface area contributed by atoms with Crippen molar-refractivity contribution in [2.24, 2.45) is 0 Å². The van der Waals surface area contributed by atoms with Crippen LogP contribution in [0.25, 0.3) is 6.08 Å². The molecule has 1 aliphatic rings. The minimum atomic E-state index is -0.0766. The van der Waals surface area contributed by atoms with Crippen LogP contribution in [0.1, 0.15) is 54.5 Å². The second kappa shape index (κ2) is 7.56. The molecule has 0 bridgehead atoms. The summed E-state index contributed by atoms with van der Waals surface area (Å²) in [6.45, 7) is 7.02. The van der Waals surface area contributed by atoms with E-state index in [1.54, 1.807) is 6.08 Å². The van der Waals surface area contributed by atoms with Crippen LogP contribution in [0.5, 0.6) is 5.75 Å². The number of amides is 1. The average molecular weight is 335 g/mol. The predicted molar refractivity (Wildman–Crippen MR) is 102 cm³/mol. The second-order valence-electron chi connectivity index (χ2n) is 6.89. The number of aryl methyl sites for hydroxylation is 1. The van der Waals surface area contributed by atoms with Crippen LogP contribution < -0.4 is 10.1 Å². The molecule has 1 aliphatic heterocycles. The molecule has 3 heteroatoms. The van der Waals surface area contributed by atoms with E-state index in [2.05, 4.69) is 44.3 Å². The van der Waals surface area contributed by atoms with Gasteiger partial charge in [-0.25, -0.2) is 0 Å². The van der Waals surface area contributed by atoms with E-state index in [0.29, 0.717) is 12.5 Å². The summed E-state index contributed by atoms with van der Waals surface area (Å²) in [6, 6.07) is 14.4. The Morgan fingerprint density at radius 2 is 1.96 bits per heavy atom. The number of nitrogens with one attached hydrogen (secondary N) is 1. The van der Waals surface area contributed by atoms with Gasteiger partial charge in [-0.05, 0) is 36.1 Å². The predicted octanol–water partition coefficient (Wildman–Crippen LogP) is 4.77. The van der Waals surface area contributed by atoms with Crippen LogP contribution in [0, 0.1) is 6.92 Å². The smallest absolute Gasteiger partial charge is 0.244 e. The van der Waals surface area contributed by atoms with Gasteiger partial charge in [0.2, 0.25) is 5.91 Å². The molecule has 1 N–H and O–H groups in total. The Hall–Kier alpha value is -2.55. The van der Waals surface area contributed by atoms with Gasteiger partial charge >= 0.3 is 0 Å². The number of rotatable bonds is 4. The molecule has 0 fully saturated rings. The number of carbonyl (C=O) groups is 1. The van der Waals surface area contributed by atoms with E-state index in [1.807, 2.05) is 30.3 Å². The van der Waals surface area contributed by atoms with E-state index in [-0.39, 0.29) is 11.9 Å². The van der Waals surface area contributed by atoms with Crippen molar-refractivity contribution in [2.75, 3.05) is 6.61 Å². The van der Waals surface area contributed by atoms with Crippen molar-refractivity contribution in [1.29, 1.82) is 0 Å². The highest BCUT2D eigenvalue weighted by molar-refractivity contribution is 5.92. The molecule has 0 radical (unpaired) electrons. The number of hydrogen-bond acceptors (Lipinski definition) is 2. The molecule has 25 heavy (non-hydrogen) atoms. The maximum absolute atomic E-state index is 12.3. The molecule has 0 spiro atoms. The normalized spacial score (nSPS) is 16.6. The third-order valence-electron chi connectivity index (χ3n) is 4.55. The van der Waals surface area contributed by atoms with E-state index < -0.39 is 0 Å². The van der Waals surface area contributed by atoms with Crippen LogP contribution in [0.15, 0.2) is 48.5 Å². The Balaban J connectivity index is 1.66. The largest absolute Gasteiger partial charge is 0.493 e. The molecule has 3 nitrogen and oxygen atoms in total. The summed E-state index contributed by atoms with van der Waals surface area (Å²) in [7, 11) is 0. The van der Waals surface area contributed by atoms with Gasteiger partial charge in [0, 0.05) is 18.1 Å². The zero-order valence-electron chi connectivity index (χ0n) is 15.1. The van der Waals surface area contributed by atoms with Crippen molar-refractivity contribution in [1.82, 2.24) is 5.32 Å². The number of hydrogen-bond donors (Lipinski definition) is 1. The van der Waals surface area contributed by atoms with Gasteiger partial charge in [0.1, 0.15) is 5.75 Å². The third-order valence-corrected chi connectivity index (χ3v) is 4.55. The summed E-state index contributed by atoms with van der Waals surface area (Å²) in [4.78, 5) is 12.3. The van der Waals surface area contributed by atoms with Crippen LogP contribution in [-0.4, -0.2) is 12.5 Å². The minimum absolute atomic E-state index is 0.00381. The number of carbonyl (C=O) groups excluding carboxylic acids is 1. The van der Waals surface area contributed by atoms with Gasteiger partial charge in [0.25, 0.3) is 0 Å². The lowest BCUT2D eigenvalue weighted by Crippen LogP contribution is -2.31. The summed E-state index contributed by atoms with van der Waals surface area (Å²) in [5, 5.41) is 3.10. The van der Waals surface area contributed by atoms with E-state index in [4.69, 9.17) is 4.74 Å². The topological polar surface area (TPSA) is 38.3 Å². The maximum atomic E-state index is 12.3. The molecule has 2 aromatic rings. The van der Waals surface area contributed by atoms with Gasteiger partial charge < -0.3 is 10.1 Å². The summed E-state index contributed by atoms with van der Waals surface area (Å²) in [5.74, 6) is 1.31. The lowest BCUT2D eigenvalue weighted by atomic mass is 9.98. The van der Waals surface area contributed by atoms with E-state index in [0.717, 1.165) is 23.3 Å². The summed E-state index contributed by atoms with van der Waals surface area (Å²) in [6.07, 6.45) is 4.25. The Morgan fingerprint density at radius 1 is 1.20 bits per heavy atom. The third kappa shape index (κ3) is 4.30. The van der Waals surface area contributed by atoms with Gasteiger partial charge in [-0.2, -0.15) is 0 Å². The van der Waals surface area contributed by atoms with Crippen molar-refractivity contribution >= 4 is 12.0 Å². The van der Waals surface area contributed by atoms with Crippen molar-refractivity contribution in [3.8, 4) is 5.75 Å². The van der Waals surface area contributed by atoms with Crippen LogP contribution in [0.3, 0.4) is 0 Å². The lowest BCUT2D eigenvalue weighted by molar-refractivity contribution is -0.117. The molecule has 0 saturated carbocycles. The first-order chi connectivity index (χ1) is 12.0. The molecule has 0 aliphatic carbocycles. The lowest BCUT2D eigenvalue weighted by Gasteiger charge is -2.26. The Labute approximate surface area is 149 Å². The Bertz CT molecular complexity index is 775. The van der Waals surface area contributed by atoms with Crippen LogP contribution in [0.2, 0.25) is 0 Å². The van der Waals surface area contributed by atoms with E-state index >= 15 is 0 Å². The molecule has 1 unspecified atom stereocenters. The van der Waals surface area contributed by atoms with Gasteiger partial charge in [0.15, 0.2) is 0 Å². The first-order valence-corrected chi connectivity index (χ1v) is 8.85. The van der Waals surface area contributed by atoms with Gasteiger partial charge in [-0.15, -0.1) is 0 Å². The first kappa shape index (κ1) is 17.3. The zero-order chi connectivity index (χ0) is 17.8. The quantitative estimate of drug-likeness (QED) is 0.817. The molecule has 0 aromatic heterocycles. The molecule has 0 saturated heterocycles. The van der Waals surface area contributed by atoms with Gasteiger partial charge in [-0.1, -0.05) is 55.8 Å². The molecule has 1 amide bonds. The molecule has 3 rings (SSSR count). The molecule has 1 atom stereocenters. The Kier molecular flexibility index (Phi) is 5.22. The van der Waals surface area contributed by atoms with E-state index in [9.17, 15) is 4.79 Å². The fourth-order valence-electron chi connectivity index (χ4n) is 3.05. The number of benzene rings is 2. The van der Waals surface area contributed by atoms with Gasteiger partial charge in [-0.3, -0.25) is 4.79 Å². The maximum Gasteiger partial charge on any atom is 0.244 e. The van der Waals surface area contributed by atoms with Crippen LogP contribution in [-0.2, 0) is 4.79 Å². The highest BCUT2D eigenvalue weighted by atomic mass is 16.5. The van der Waals surface area contributed by atoms with Crippen molar-refractivity contribution in [3.05, 3.63) is 70.8 Å². The molecule has 130 valence electrons. The standard InChI is InChI=1S/C22H25NO2/c1-15(2)18-8-5-17(6-9-18)7-11-22(24)23-20-12-13-25-21-10-4-16(3)14-19(20)21/h4-11,14-15,20H,12-13H2,1-3H3,(H,23,24)/b11-7+. The number of fused-ring (bicyclic) bond motifs is 1. The van der Waals surface area contributed by atoms with E-state index in [1.165, 1.54) is 11.1 Å². The Morgan fingerprint density at radius 3 is 2.68 bits per heavy atom. The van der Waals surface area contributed by atoms with Gasteiger partial charge in [0.05, 0.1) is 12.6 Å². The average Bonchev–Trinajstić information content (AvgIpc) is 2.61. The fourth-order valence-corrected chi connectivity index (χ4v) is 3.05. The summed E-state index contributed by atoms with van der Waals surface area (Å²) >= 11 is 0. The fraction of sp³-hybridized carbons (Fsp3) is 0.318. The van der Waals surface area contributed by atoms with Crippen molar-refractivity contribution in [3.63, 3.8) is 0 Å². The minimum Gasteiger partial charge on any atom is -0.493 e. The van der Waals surface area contributed by atoms with Crippen LogP contribution in [0.4, 0.5) is 0 Å². The summed E-state index contributed by atoms with van der Waals surface area (Å²) in [5.41, 5.74) is 4.57. The first-order valence-electron chi connectivity index (χ1n) is 8.85. The number of ether oxygens (including phenoxy) is 1. The molecular formula is C22H25NO2. The SMILES string of the molecule is Cc1ccc2c(c1)C(NC(=O)/C=C/c1ccc(C(C)C)cc1)CCO2.